The highest BCUT2D eigenvalue weighted by Gasteiger charge is 2.19. The highest BCUT2D eigenvalue weighted by atomic mass is 35.5. The summed E-state index contributed by atoms with van der Waals surface area (Å²) in [5.41, 5.74) is 3.00. The van der Waals surface area contributed by atoms with Crippen LogP contribution in [0, 0.1) is 11.6 Å². The lowest BCUT2D eigenvalue weighted by atomic mass is 10.0. The Hall–Kier alpha value is -3.18. The maximum Gasteiger partial charge on any atom is 0.268 e. The molecule has 140 valence electrons. The Balaban J connectivity index is 1.72. The number of halogens is 3. The molecule has 1 heterocycles. The van der Waals surface area contributed by atoms with E-state index in [0.29, 0.717) is 27.7 Å². The summed E-state index contributed by atoms with van der Waals surface area (Å²) in [7, 11) is 0. The quantitative estimate of drug-likeness (QED) is 0.457. The summed E-state index contributed by atoms with van der Waals surface area (Å²) >= 11 is 6.03. The molecule has 0 bridgehead atoms. The van der Waals surface area contributed by atoms with Gasteiger partial charge in [0.1, 0.15) is 17.3 Å². The third kappa shape index (κ3) is 3.49. The van der Waals surface area contributed by atoms with E-state index in [1.165, 1.54) is 30.3 Å². The fourth-order valence-corrected chi connectivity index (χ4v) is 3.40. The van der Waals surface area contributed by atoms with Gasteiger partial charge in [0.15, 0.2) is 0 Å². The summed E-state index contributed by atoms with van der Waals surface area (Å²) in [4.78, 5) is 16.0. The first-order valence-electron chi connectivity index (χ1n) is 8.61. The second kappa shape index (κ2) is 7.44. The molecule has 0 unspecified atom stereocenters. The van der Waals surface area contributed by atoms with Crippen LogP contribution in [0.2, 0.25) is 5.02 Å². The smallest absolute Gasteiger partial charge is 0.268 e. The van der Waals surface area contributed by atoms with Crippen molar-refractivity contribution in [3.05, 3.63) is 94.6 Å². The van der Waals surface area contributed by atoms with Gasteiger partial charge >= 0.3 is 0 Å². The van der Waals surface area contributed by atoms with Crippen LogP contribution in [0.4, 0.5) is 8.78 Å². The predicted octanol–water partition coefficient (Wildman–Crippen LogP) is 5.70. The average molecular weight is 397 g/mol. The van der Waals surface area contributed by atoms with Gasteiger partial charge in [-0.25, -0.2) is 8.78 Å². The van der Waals surface area contributed by atoms with Gasteiger partial charge in [-0.2, -0.15) is 0 Å². The Morgan fingerprint density at radius 1 is 0.964 bits per heavy atom. The second-order valence-electron chi connectivity index (χ2n) is 6.35. The lowest BCUT2D eigenvalue weighted by Gasteiger charge is -2.08. The fraction of sp³-hybridized carbons (Fsp3) is 0.0455. The summed E-state index contributed by atoms with van der Waals surface area (Å²) < 4.78 is 27.0. The molecule has 0 saturated heterocycles. The number of benzene rings is 3. The van der Waals surface area contributed by atoms with Crippen molar-refractivity contribution in [1.29, 1.82) is 0 Å². The van der Waals surface area contributed by atoms with E-state index in [2.05, 4.69) is 10.3 Å². The molecule has 28 heavy (non-hydrogen) atoms. The van der Waals surface area contributed by atoms with Crippen molar-refractivity contribution in [2.75, 3.05) is 0 Å². The predicted molar refractivity (Wildman–Crippen MR) is 106 cm³/mol. The van der Waals surface area contributed by atoms with Gasteiger partial charge in [0, 0.05) is 28.0 Å². The molecule has 0 radical (unpaired) electrons. The van der Waals surface area contributed by atoms with Gasteiger partial charge in [-0.1, -0.05) is 48.0 Å². The monoisotopic (exact) mass is 396 g/mol. The van der Waals surface area contributed by atoms with Crippen molar-refractivity contribution >= 4 is 28.4 Å². The number of nitrogens with one attached hydrogen (secondary N) is 2. The molecule has 4 rings (SSSR count). The van der Waals surface area contributed by atoms with Crippen LogP contribution >= 0.6 is 11.6 Å². The van der Waals surface area contributed by atoms with E-state index in [-0.39, 0.29) is 23.3 Å². The number of amides is 1. The van der Waals surface area contributed by atoms with E-state index in [1.807, 2.05) is 30.3 Å². The number of rotatable bonds is 4. The second-order valence-corrected chi connectivity index (χ2v) is 6.76. The first kappa shape index (κ1) is 18.2. The maximum atomic E-state index is 13.8. The normalized spacial score (nSPS) is 11.0. The Kier molecular flexibility index (Phi) is 4.84. The number of carbonyl (C=O) groups excluding carboxylic acids is 1. The molecular formula is C22H15ClF2N2O. The van der Waals surface area contributed by atoms with Gasteiger partial charge in [-0.05, 0) is 41.5 Å². The molecule has 2 N–H and O–H groups in total. The molecule has 0 aliphatic heterocycles. The van der Waals surface area contributed by atoms with Crippen LogP contribution in [0.3, 0.4) is 0 Å². The number of fused-ring (bicyclic) bond motifs is 1. The molecule has 0 fully saturated rings. The average Bonchev–Trinajstić information content (AvgIpc) is 3.06. The summed E-state index contributed by atoms with van der Waals surface area (Å²) in [6, 6.07) is 17.7. The molecule has 0 spiro atoms. The molecule has 0 aliphatic carbocycles. The lowest BCUT2D eigenvalue weighted by Crippen LogP contribution is -2.24. The summed E-state index contributed by atoms with van der Waals surface area (Å²) in [6.45, 7) is 0.135. The third-order valence-corrected chi connectivity index (χ3v) is 4.86. The number of aromatic amines is 1. The van der Waals surface area contributed by atoms with E-state index in [4.69, 9.17) is 11.6 Å². The van der Waals surface area contributed by atoms with Crippen LogP contribution in [0.15, 0.2) is 66.7 Å². The first-order valence-corrected chi connectivity index (χ1v) is 8.99. The van der Waals surface area contributed by atoms with Crippen molar-refractivity contribution in [1.82, 2.24) is 10.3 Å². The largest absolute Gasteiger partial charge is 0.350 e. The van der Waals surface area contributed by atoms with E-state index in [9.17, 15) is 13.6 Å². The van der Waals surface area contributed by atoms with E-state index < -0.39 is 5.82 Å². The van der Waals surface area contributed by atoms with Gasteiger partial charge < -0.3 is 10.3 Å². The van der Waals surface area contributed by atoms with E-state index in [0.717, 1.165) is 5.56 Å². The first-order chi connectivity index (χ1) is 13.5. The molecule has 0 aliphatic rings. The number of H-pyrrole nitrogens is 1. The van der Waals surface area contributed by atoms with Crippen molar-refractivity contribution in [3.63, 3.8) is 0 Å². The Labute approximate surface area is 165 Å². The van der Waals surface area contributed by atoms with Crippen molar-refractivity contribution in [2.45, 2.75) is 6.54 Å². The molecule has 6 heteroatoms. The van der Waals surface area contributed by atoms with Crippen molar-refractivity contribution < 1.29 is 13.6 Å². The highest BCUT2D eigenvalue weighted by Crippen LogP contribution is 2.33. The van der Waals surface area contributed by atoms with Crippen LogP contribution in [0.25, 0.3) is 22.0 Å². The standard InChI is InChI=1S/C22H15ClF2N2O/c23-18-11-16(25)7-6-14(18)12-26-22(28)21-20(13-4-2-1-3-5-13)17-10-15(24)8-9-19(17)27-21/h1-11,27H,12H2,(H,26,28). The molecule has 3 nitrogen and oxygen atoms in total. The number of hydrogen-bond acceptors (Lipinski definition) is 1. The van der Waals surface area contributed by atoms with Gasteiger partial charge in [0.25, 0.3) is 5.91 Å². The van der Waals surface area contributed by atoms with Crippen molar-refractivity contribution in [2.24, 2.45) is 0 Å². The summed E-state index contributed by atoms with van der Waals surface area (Å²) in [5, 5.41) is 3.65. The topological polar surface area (TPSA) is 44.9 Å². The summed E-state index contributed by atoms with van der Waals surface area (Å²) in [6.07, 6.45) is 0. The SMILES string of the molecule is O=C(NCc1ccc(F)cc1Cl)c1[nH]c2ccc(F)cc2c1-c1ccccc1. The molecule has 4 aromatic rings. The van der Waals surface area contributed by atoms with Crippen LogP contribution in [0.5, 0.6) is 0 Å². The van der Waals surface area contributed by atoms with Crippen LogP contribution in [-0.2, 0) is 6.54 Å². The van der Waals surface area contributed by atoms with Gasteiger partial charge in [0.05, 0.1) is 0 Å². The number of carbonyl (C=O) groups is 1. The highest BCUT2D eigenvalue weighted by molar-refractivity contribution is 6.31. The van der Waals surface area contributed by atoms with E-state index in [1.54, 1.807) is 6.07 Å². The Morgan fingerprint density at radius 3 is 2.43 bits per heavy atom. The summed E-state index contributed by atoms with van der Waals surface area (Å²) in [5.74, 6) is -1.19. The zero-order valence-electron chi connectivity index (χ0n) is 14.6. The Morgan fingerprint density at radius 2 is 1.68 bits per heavy atom. The minimum atomic E-state index is -0.441. The number of aromatic nitrogens is 1. The van der Waals surface area contributed by atoms with Gasteiger partial charge in [-0.15, -0.1) is 0 Å². The van der Waals surface area contributed by atoms with Crippen LogP contribution in [0.1, 0.15) is 16.1 Å². The molecule has 3 aromatic carbocycles. The van der Waals surface area contributed by atoms with E-state index >= 15 is 0 Å². The molecule has 0 saturated carbocycles. The lowest BCUT2D eigenvalue weighted by molar-refractivity contribution is 0.0947. The van der Waals surface area contributed by atoms with Crippen molar-refractivity contribution in [3.8, 4) is 11.1 Å². The fourth-order valence-electron chi connectivity index (χ4n) is 3.17. The Bertz CT molecular complexity index is 1170. The maximum absolute atomic E-state index is 13.8. The third-order valence-electron chi connectivity index (χ3n) is 4.50. The molecular weight excluding hydrogens is 382 g/mol. The molecule has 1 amide bonds. The minimum absolute atomic E-state index is 0.135. The van der Waals surface area contributed by atoms with Gasteiger partial charge in [0.2, 0.25) is 0 Å². The molecule has 0 atom stereocenters. The number of hydrogen-bond donors (Lipinski definition) is 2. The van der Waals surface area contributed by atoms with Crippen LogP contribution < -0.4 is 5.32 Å². The zero-order chi connectivity index (χ0) is 19.7. The molecule has 1 aromatic heterocycles. The van der Waals surface area contributed by atoms with Gasteiger partial charge in [-0.3, -0.25) is 4.79 Å². The minimum Gasteiger partial charge on any atom is -0.350 e. The van der Waals surface area contributed by atoms with Crippen LogP contribution in [-0.4, -0.2) is 10.9 Å². The zero-order valence-corrected chi connectivity index (χ0v) is 15.4.